The van der Waals surface area contributed by atoms with Gasteiger partial charge in [-0.15, -0.1) is 6.58 Å². The smallest absolute Gasteiger partial charge is 0.328 e. The van der Waals surface area contributed by atoms with Crippen LogP contribution in [0.25, 0.3) is 0 Å². The molecule has 0 spiro atoms. The number of carbonyl (C=O) groups excluding carboxylic acids is 4. The molecule has 0 bridgehead atoms. The number of rotatable bonds is 19. The van der Waals surface area contributed by atoms with Crippen LogP contribution in [0.3, 0.4) is 0 Å². The molecule has 0 aliphatic heterocycles. The maximum atomic E-state index is 13.7. The van der Waals surface area contributed by atoms with Crippen LogP contribution in [0.15, 0.2) is 98.1 Å². The summed E-state index contributed by atoms with van der Waals surface area (Å²) in [4.78, 5) is 65.8. The lowest BCUT2D eigenvalue weighted by Crippen LogP contribution is -2.53. The van der Waals surface area contributed by atoms with Crippen molar-refractivity contribution in [2.45, 2.75) is 37.9 Å². The lowest BCUT2D eigenvalue weighted by Gasteiger charge is -2.24. The highest BCUT2D eigenvalue weighted by molar-refractivity contribution is 6.00. The van der Waals surface area contributed by atoms with E-state index in [0.717, 1.165) is 18.7 Å². The van der Waals surface area contributed by atoms with E-state index in [4.69, 9.17) is 14.2 Å². The number of amides is 3. The Morgan fingerprint density at radius 1 is 0.918 bits per heavy atom. The number of non-ortho nitro benzene ring substituents is 1. The molecule has 0 heterocycles. The van der Waals surface area contributed by atoms with Crippen LogP contribution in [0.1, 0.15) is 34.3 Å². The summed E-state index contributed by atoms with van der Waals surface area (Å²) in [5.74, 6) is -1.90. The minimum Gasteiger partial charge on any atom is -0.497 e. The number of benzene rings is 3. The van der Waals surface area contributed by atoms with Crippen molar-refractivity contribution in [3.8, 4) is 11.5 Å². The van der Waals surface area contributed by atoms with Gasteiger partial charge in [-0.05, 0) is 35.7 Å². The van der Waals surface area contributed by atoms with Crippen molar-refractivity contribution in [3.05, 3.63) is 125 Å². The van der Waals surface area contributed by atoms with E-state index in [1.807, 2.05) is 12.1 Å². The number of esters is 1. The van der Waals surface area contributed by atoms with Crippen LogP contribution in [-0.2, 0) is 32.1 Å². The Morgan fingerprint density at radius 3 is 2.24 bits per heavy atom. The second kappa shape index (κ2) is 19.0. The van der Waals surface area contributed by atoms with Gasteiger partial charge in [0.1, 0.15) is 30.2 Å². The van der Waals surface area contributed by atoms with Gasteiger partial charge in [0.05, 0.1) is 24.7 Å². The Kier molecular flexibility index (Phi) is 14.5. The quantitative estimate of drug-likeness (QED) is 0.0823. The fraction of sp³-hybridized carbons (Fsp3) is 0.278. The van der Waals surface area contributed by atoms with E-state index < -0.39 is 34.8 Å². The van der Waals surface area contributed by atoms with E-state index >= 15 is 0 Å². The summed E-state index contributed by atoms with van der Waals surface area (Å²) in [7, 11) is 2.72. The second-order valence-corrected chi connectivity index (χ2v) is 10.8. The van der Waals surface area contributed by atoms with Crippen molar-refractivity contribution < 1.29 is 38.3 Å². The molecule has 0 aliphatic carbocycles. The molecule has 0 saturated carbocycles. The molecular weight excluding hydrogens is 632 g/mol. The van der Waals surface area contributed by atoms with Gasteiger partial charge >= 0.3 is 5.97 Å². The molecule has 13 nitrogen and oxygen atoms in total. The summed E-state index contributed by atoms with van der Waals surface area (Å²) in [6.45, 7) is 7.87. The standard InChI is InChI=1S/C36H40N4O9/c1-5-20-39(24-26-12-15-28(47-3)16-13-26)33(41)19-17-30(36(44)48-4)37-35(43)31(22-25-10-8-7-9-11-25)38-34(42)29-23-27(40(45)46)14-18-32(29)49-21-6-2/h5-16,18,23,30-31H,1-2,17,19-22,24H2,3-4H3,(H,37,43)(H,38,42)/t30-,31+/m0/s1. The van der Waals surface area contributed by atoms with Crippen molar-refractivity contribution >= 4 is 29.4 Å². The first-order chi connectivity index (χ1) is 23.6. The van der Waals surface area contributed by atoms with Gasteiger partial charge in [-0.2, -0.15) is 0 Å². The molecule has 2 N–H and O–H groups in total. The van der Waals surface area contributed by atoms with E-state index in [1.165, 1.54) is 18.2 Å². The number of hydrogen-bond acceptors (Lipinski definition) is 9. The molecule has 0 aliphatic rings. The van der Waals surface area contributed by atoms with E-state index in [-0.39, 0.29) is 61.9 Å². The van der Waals surface area contributed by atoms with Gasteiger partial charge in [0.25, 0.3) is 11.6 Å². The zero-order valence-electron chi connectivity index (χ0n) is 27.5. The average molecular weight is 673 g/mol. The molecule has 13 heteroatoms. The lowest BCUT2D eigenvalue weighted by atomic mass is 10.0. The van der Waals surface area contributed by atoms with Crippen LogP contribution in [-0.4, -0.2) is 73.0 Å². The Hall–Kier alpha value is -5.98. The molecule has 3 amide bonds. The third-order valence-corrected chi connectivity index (χ3v) is 7.36. The number of nitrogens with zero attached hydrogens (tertiary/aromatic N) is 2. The zero-order chi connectivity index (χ0) is 35.8. The first kappa shape index (κ1) is 37.5. The number of carbonyl (C=O) groups is 4. The molecule has 0 aromatic heterocycles. The van der Waals surface area contributed by atoms with E-state index in [9.17, 15) is 29.3 Å². The van der Waals surface area contributed by atoms with Crippen molar-refractivity contribution in [2.75, 3.05) is 27.4 Å². The van der Waals surface area contributed by atoms with Crippen molar-refractivity contribution in [1.82, 2.24) is 15.5 Å². The van der Waals surface area contributed by atoms with E-state index in [2.05, 4.69) is 23.8 Å². The minimum atomic E-state index is -1.24. The van der Waals surface area contributed by atoms with Crippen LogP contribution >= 0.6 is 0 Å². The molecule has 0 saturated heterocycles. The van der Waals surface area contributed by atoms with Gasteiger partial charge in [0.15, 0.2) is 0 Å². The zero-order valence-corrected chi connectivity index (χ0v) is 27.5. The van der Waals surface area contributed by atoms with Crippen molar-refractivity contribution in [1.29, 1.82) is 0 Å². The number of hydrogen-bond donors (Lipinski definition) is 2. The van der Waals surface area contributed by atoms with Crippen LogP contribution in [0.4, 0.5) is 5.69 Å². The molecule has 3 rings (SSSR count). The summed E-state index contributed by atoms with van der Waals surface area (Å²) >= 11 is 0. The first-order valence-corrected chi connectivity index (χ1v) is 15.4. The maximum absolute atomic E-state index is 13.7. The van der Waals surface area contributed by atoms with Gasteiger partial charge in [-0.3, -0.25) is 24.5 Å². The van der Waals surface area contributed by atoms with Gasteiger partial charge < -0.3 is 29.7 Å². The molecule has 0 radical (unpaired) electrons. The van der Waals surface area contributed by atoms with Crippen LogP contribution in [0.5, 0.6) is 11.5 Å². The summed E-state index contributed by atoms with van der Waals surface area (Å²) < 4.78 is 15.7. The fourth-order valence-corrected chi connectivity index (χ4v) is 4.83. The van der Waals surface area contributed by atoms with Crippen LogP contribution < -0.4 is 20.1 Å². The highest BCUT2D eigenvalue weighted by Crippen LogP contribution is 2.25. The molecule has 258 valence electrons. The Labute approximate surface area is 284 Å². The summed E-state index contributed by atoms with van der Waals surface area (Å²) in [6.07, 6.45) is 2.84. The van der Waals surface area contributed by atoms with Crippen LogP contribution in [0, 0.1) is 10.1 Å². The third kappa shape index (κ3) is 11.3. The normalized spacial score (nSPS) is 11.6. The Balaban J connectivity index is 1.81. The molecule has 49 heavy (non-hydrogen) atoms. The topological polar surface area (TPSA) is 166 Å². The molecule has 3 aromatic rings. The first-order valence-electron chi connectivity index (χ1n) is 15.4. The van der Waals surface area contributed by atoms with E-state index in [1.54, 1.807) is 60.6 Å². The van der Waals surface area contributed by atoms with Gasteiger partial charge in [0, 0.05) is 38.1 Å². The summed E-state index contributed by atoms with van der Waals surface area (Å²) in [5.41, 5.74) is 1.02. The van der Waals surface area contributed by atoms with Crippen molar-refractivity contribution in [2.24, 2.45) is 0 Å². The molecule has 2 atom stereocenters. The minimum absolute atomic E-state index is 0.0119. The predicted molar refractivity (Wildman–Crippen MR) is 182 cm³/mol. The van der Waals surface area contributed by atoms with Gasteiger partial charge in [-0.1, -0.05) is 61.2 Å². The number of nitro groups is 1. The predicted octanol–water partition coefficient (Wildman–Crippen LogP) is 4.16. The number of ether oxygens (including phenoxy) is 3. The second-order valence-electron chi connectivity index (χ2n) is 10.8. The van der Waals surface area contributed by atoms with Gasteiger partial charge in [-0.25, -0.2) is 4.79 Å². The molecular formula is C36H40N4O9. The molecule has 0 unspecified atom stereocenters. The number of nitrogens with one attached hydrogen (secondary N) is 2. The van der Waals surface area contributed by atoms with E-state index in [0.29, 0.717) is 11.3 Å². The molecule has 3 aromatic carbocycles. The van der Waals surface area contributed by atoms with Crippen molar-refractivity contribution in [3.63, 3.8) is 0 Å². The maximum Gasteiger partial charge on any atom is 0.328 e. The Morgan fingerprint density at radius 2 is 1.63 bits per heavy atom. The molecule has 0 fully saturated rings. The number of methoxy groups -OCH3 is 2. The largest absolute Gasteiger partial charge is 0.497 e. The third-order valence-electron chi connectivity index (χ3n) is 7.36. The lowest BCUT2D eigenvalue weighted by molar-refractivity contribution is -0.384. The SMILES string of the molecule is C=CCOc1ccc([N+](=O)[O-])cc1C(=O)N[C@H](Cc1ccccc1)C(=O)N[C@@H](CCC(=O)N(CC=C)Cc1ccc(OC)cc1)C(=O)OC. The average Bonchev–Trinajstić information content (AvgIpc) is 3.11. The summed E-state index contributed by atoms with van der Waals surface area (Å²) in [6, 6.07) is 17.1. The highest BCUT2D eigenvalue weighted by Gasteiger charge is 2.30. The Bertz CT molecular complexity index is 1630. The fourth-order valence-electron chi connectivity index (χ4n) is 4.83. The summed E-state index contributed by atoms with van der Waals surface area (Å²) in [5, 5.41) is 16.7. The highest BCUT2D eigenvalue weighted by atomic mass is 16.6. The number of nitro benzene ring substituents is 1. The monoisotopic (exact) mass is 672 g/mol. The van der Waals surface area contributed by atoms with Gasteiger partial charge in [0.2, 0.25) is 11.8 Å². The van der Waals surface area contributed by atoms with Crippen LogP contribution in [0.2, 0.25) is 0 Å².